The highest BCUT2D eigenvalue weighted by atomic mass is 35.5. The third-order valence-electron chi connectivity index (χ3n) is 3.94. The lowest BCUT2D eigenvalue weighted by Gasteiger charge is -2.08. The highest BCUT2D eigenvalue weighted by molar-refractivity contribution is 6.35. The Kier molecular flexibility index (Phi) is 5.14. The van der Waals surface area contributed by atoms with Crippen LogP contribution in [-0.4, -0.2) is 18.4 Å². The summed E-state index contributed by atoms with van der Waals surface area (Å²) in [4.78, 5) is 24.2. The first-order chi connectivity index (χ1) is 12.5. The lowest BCUT2D eigenvalue weighted by molar-refractivity contribution is -0.120. The monoisotopic (exact) mass is 371 g/mol. The number of para-hydroxylation sites is 1. The molecule has 7 heteroatoms. The maximum absolute atomic E-state index is 12.3. The second-order valence-electron chi connectivity index (χ2n) is 5.89. The first-order valence-corrected chi connectivity index (χ1v) is 8.41. The maximum Gasteiger partial charge on any atom is 0.305 e. The van der Waals surface area contributed by atoms with Crippen molar-refractivity contribution in [2.45, 2.75) is 13.8 Å². The van der Waals surface area contributed by atoms with E-state index in [1.807, 2.05) is 37.3 Å². The number of anilines is 1. The number of hydrogen-bond donors (Lipinski definition) is 3. The van der Waals surface area contributed by atoms with Gasteiger partial charge in [0.1, 0.15) is 0 Å². The summed E-state index contributed by atoms with van der Waals surface area (Å²) in [7, 11) is 0. The number of carbonyl (C=O) groups is 2. The minimum Gasteiger partial charge on any atom is -0.449 e. The van der Waals surface area contributed by atoms with E-state index in [-0.39, 0.29) is 18.2 Å². The molecule has 3 rings (SSSR count). The van der Waals surface area contributed by atoms with Crippen LogP contribution in [0.1, 0.15) is 21.7 Å². The number of hydrazine groups is 1. The van der Waals surface area contributed by atoms with Crippen LogP contribution in [0.5, 0.6) is 0 Å². The highest BCUT2D eigenvalue weighted by Gasteiger charge is 2.19. The number of halogens is 1. The van der Waals surface area contributed by atoms with Crippen molar-refractivity contribution in [1.29, 1.82) is 0 Å². The molecule has 2 aromatic carbocycles. The standard InChI is InChI=1S/C19H18ClN3O3/c1-11-6-8-13(9-7-11)21-10-16(24)22-23-19(25)17-12(2)14-4-3-5-15(20)18(14)26-17/h3-9,21H,10H2,1-2H3,(H,22,24)(H,23,25). The third kappa shape index (κ3) is 3.81. The third-order valence-corrected chi connectivity index (χ3v) is 4.24. The molecule has 1 aromatic heterocycles. The lowest BCUT2D eigenvalue weighted by Crippen LogP contribution is -2.44. The molecule has 0 bridgehead atoms. The molecule has 0 spiro atoms. The van der Waals surface area contributed by atoms with Gasteiger partial charge in [-0.2, -0.15) is 0 Å². The van der Waals surface area contributed by atoms with Crippen LogP contribution in [0.3, 0.4) is 0 Å². The smallest absolute Gasteiger partial charge is 0.305 e. The molecule has 0 atom stereocenters. The number of nitrogens with one attached hydrogen (secondary N) is 3. The van der Waals surface area contributed by atoms with Crippen LogP contribution in [0.4, 0.5) is 5.69 Å². The van der Waals surface area contributed by atoms with E-state index in [0.29, 0.717) is 16.2 Å². The zero-order valence-electron chi connectivity index (χ0n) is 14.4. The summed E-state index contributed by atoms with van der Waals surface area (Å²) in [5.41, 5.74) is 7.76. The summed E-state index contributed by atoms with van der Waals surface area (Å²) in [6, 6.07) is 12.9. The summed E-state index contributed by atoms with van der Waals surface area (Å²) in [6.45, 7) is 3.77. The average Bonchev–Trinajstić information content (AvgIpc) is 2.98. The quantitative estimate of drug-likeness (QED) is 0.612. The van der Waals surface area contributed by atoms with Gasteiger partial charge in [-0.1, -0.05) is 41.4 Å². The van der Waals surface area contributed by atoms with Crippen molar-refractivity contribution in [3.05, 3.63) is 64.4 Å². The topological polar surface area (TPSA) is 83.4 Å². The molecular formula is C19H18ClN3O3. The van der Waals surface area contributed by atoms with Crippen LogP contribution in [0.15, 0.2) is 46.9 Å². The summed E-state index contributed by atoms with van der Waals surface area (Å²) >= 11 is 6.08. The Morgan fingerprint density at radius 3 is 2.46 bits per heavy atom. The first kappa shape index (κ1) is 17.8. The van der Waals surface area contributed by atoms with Gasteiger partial charge in [-0.25, -0.2) is 0 Å². The molecule has 0 aliphatic carbocycles. The Balaban J connectivity index is 1.58. The zero-order chi connectivity index (χ0) is 18.7. The fourth-order valence-electron chi connectivity index (χ4n) is 2.51. The molecule has 0 unspecified atom stereocenters. The predicted octanol–water partition coefficient (Wildman–Crippen LogP) is 3.58. The fourth-order valence-corrected chi connectivity index (χ4v) is 2.72. The average molecular weight is 372 g/mol. The van der Waals surface area contributed by atoms with E-state index in [1.165, 1.54) is 0 Å². The molecule has 0 aliphatic heterocycles. The van der Waals surface area contributed by atoms with Crippen molar-refractivity contribution < 1.29 is 14.0 Å². The number of benzene rings is 2. The Hall–Kier alpha value is -2.99. The highest BCUT2D eigenvalue weighted by Crippen LogP contribution is 2.30. The molecule has 26 heavy (non-hydrogen) atoms. The fraction of sp³-hybridized carbons (Fsp3) is 0.158. The number of hydrogen-bond acceptors (Lipinski definition) is 4. The van der Waals surface area contributed by atoms with Crippen LogP contribution < -0.4 is 16.2 Å². The minimum absolute atomic E-state index is 0.0221. The van der Waals surface area contributed by atoms with Gasteiger partial charge < -0.3 is 9.73 Å². The Bertz CT molecular complexity index is 964. The van der Waals surface area contributed by atoms with Gasteiger partial charge in [-0.3, -0.25) is 20.4 Å². The van der Waals surface area contributed by atoms with E-state index in [2.05, 4.69) is 16.2 Å². The first-order valence-electron chi connectivity index (χ1n) is 8.03. The lowest BCUT2D eigenvalue weighted by atomic mass is 10.1. The molecule has 6 nitrogen and oxygen atoms in total. The molecule has 0 saturated heterocycles. The molecule has 3 aromatic rings. The summed E-state index contributed by atoms with van der Waals surface area (Å²) in [5, 5.41) is 4.16. The summed E-state index contributed by atoms with van der Waals surface area (Å²) in [6.07, 6.45) is 0. The molecule has 3 N–H and O–H groups in total. The number of aryl methyl sites for hydroxylation is 2. The minimum atomic E-state index is -0.543. The van der Waals surface area contributed by atoms with Crippen molar-refractivity contribution >= 4 is 40.1 Å². The molecule has 0 aliphatic rings. The van der Waals surface area contributed by atoms with Gasteiger partial charge >= 0.3 is 5.91 Å². The van der Waals surface area contributed by atoms with Crippen LogP contribution >= 0.6 is 11.6 Å². The normalized spacial score (nSPS) is 10.6. The molecule has 0 saturated carbocycles. The second kappa shape index (κ2) is 7.49. The van der Waals surface area contributed by atoms with Crippen LogP contribution in [0.2, 0.25) is 5.02 Å². The molecule has 0 fully saturated rings. The van der Waals surface area contributed by atoms with Gasteiger partial charge in [-0.15, -0.1) is 0 Å². The van der Waals surface area contributed by atoms with E-state index in [4.69, 9.17) is 16.0 Å². The summed E-state index contributed by atoms with van der Waals surface area (Å²) < 4.78 is 5.55. The van der Waals surface area contributed by atoms with Crippen molar-refractivity contribution in [2.75, 3.05) is 11.9 Å². The van der Waals surface area contributed by atoms with Crippen LogP contribution in [-0.2, 0) is 4.79 Å². The molecular weight excluding hydrogens is 354 g/mol. The largest absolute Gasteiger partial charge is 0.449 e. The van der Waals surface area contributed by atoms with Gasteiger partial charge in [0.15, 0.2) is 11.3 Å². The van der Waals surface area contributed by atoms with Gasteiger partial charge in [0.05, 0.1) is 11.6 Å². The Labute approximate surface area is 155 Å². The van der Waals surface area contributed by atoms with Crippen molar-refractivity contribution in [3.63, 3.8) is 0 Å². The van der Waals surface area contributed by atoms with E-state index in [0.717, 1.165) is 16.6 Å². The second-order valence-corrected chi connectivity index (χ2v) is 6.30. The van der Waals surface area contributed by atoms with E-state index in [1.54, 1.807) is 19.1 Å². The van der Waals surface area contributed by atoms with Gasteiger partial charge in [0.25, 0.3) is 5.91 Å². The molecule has 1 heterocycles. The van der Waals surface area contributed by atoms with Crippen molar-refractivity contribution in [2.24, 2.45) is 0 Å². The number of carbonyl (C=O) groups excluding carboxylic acids is 2. The zero-order valence-corrected chi connectivity index (χ0v) is 15.1. The summed E-state index contributed by atoms with van der Waals surface area (Å²) in [5.74, 6) is -0.816. The Morgan fingerprint density at radius 2 is 1.77 bits per heavy atom. The number of furan rings is 1. The predicted molar refractivity (Wildman–Crippen MR) is 101 cm³/mol. The molecule has 0 radical (unpaired) electrons. The number of rotatable bonds is 4. The van der Waals surface area contributed by atoms with E-state index in [9.17, 15) is 9.59 Å². The maximum atomic E-state index is 12.3. The van der Waals surface area contributed by atoms with Gasteiger partial charge in [0.2, 0.25) is 0 Å². The van der Waals surface area contributed by atoms with Gasteiger partial charge in [0, 0.05) is 16.6 Å². The van der Waals surface area contributed by atoms with Crippen LogP contribution in [0, 0.1) is 13.8 Å². The van der Waals surface area contributed by atoms with Crippen LogP contribution in [0.25, 0.3) is 11.0 Å². The Morgan fingerprint density at radius 1 is 1.04 bits per heavy atom. The van der Waals surface area contributed by atoms with Crippen molar-refractivity contribution in [1.82, 2.24) is 10.9 Å². The van der Waals surface area contributed by atoms with E-state index >= 15 is 0 Å². The number of amides is 2. The number of fused-ring (bicyclic) bond motifs is 1. The molecule has 2 amide bonds. The molecule has 134 valence electrons. The van der Waals surface area contributed by atoms with E-state index < -0.39 is 5.91 Å². The van der Waals surface area contributed by atoms with Crippen molar-refractivity contribution in [3.8, 4) is 0 Å². The SMILES string of the molecule is Cc1ccc(NCC(=O)NNC(=O)c2oc3c(Cl)cccc3c2C)cc1. The van der Waals surface area contributed by atoms with Gasteiger partial charge in [-0.05, 0) is 32.0 Å².